The van der Waals surface area contributed by atoms with Gasteiger partial charge in [0.25, 0.3) is 0 Å². The minimum absolute atomic E-state index is 0.494. The van der Waals surface area contributed by atoms with Crippen LogP contribution in [-0.4, -0.2) is 19.9 Å². The second-order valence-corrected chi connectivity index (χ2v) is 4.89. The largest absolute Gasteiger partial charge is 0.324 e. The van der Waals surface area contributed by atoms with Gasteiger partial charge in [-0.3, -0.25) is 4.98 Å². The number of hydrogen-bond acceptors (Lipinski definition) is 6. The van der Waals surface area contributed by atoms with E-state index >= 15 is 0 Å². The highest BCUT2D eigenvalue weighted by molar-refractivity contribution is 5.57. The average Bonchev–Trinajstić information content (AvgIpc) is 2.47. The van der Waals surface area contributed by atoms with Gasteiger partial charge in [-0.1, -0.05) is 12.1 Å². The number of nitrogens with zero attached hydrogens (tertiary/aromatic N) is 4. The summed E-state index contributed by atoms with van der Waals surface area (Å²) >= 11 is 0. The maximum Gasteiger partial charge on any atom is 0.232 e. The van der Waals surface area contributed by atoms with E-state index in [1.807, 2.05) is 50.2 Å². The van der Waals surface area contributed by atoms with Gasteiger partial charge in [-0.15, -0.1) is 0 Å². The Bertz CT molecular complexity index is 773. The molecule has 2 heterocycles. The molecule has 0 bridgehead atoms. The third-order valence-corrected chi connectivity index (χ3v) is 2.96. The molecule has 110 valence electrons. The zero-order valence-electron chi connectivity index (χ0n) is 12.4. The van der Waals surface area contributed by atoms with Crippen molar-refractivity contribution in [3.05, 3.63) is 60.2 Å². The van der Waals surface area contributed by atoms with Crippen LogP contribution < -0.4 is 10.6 Å². The van der Waals surface area contributed by atoms with Gasteiger partial charge in [0.1, 0.15) is 5.82 Å². The molecule has 6 heteroatoms. The number of hydrogen-bond donors (Lipinski definition) is 2. The second-order valence-electron chi connectivity index (χ2n) is 4.89. The highest BCUT2D eigenvalue weighted by Crippen LogP contribution is 2.17. The van der Waals surface area contributed by atoms with E-state index in [0.717, 1.165) is 11.4 Å². The van der Waals surface area contributed by atoms with Crippen LogP contribution in [0.1, 0.15) is 11.4 Å². The number of anilines is 4. The van der Waals surface area contributed by atoms with Gasteiger partial charge in [0, 0.05) is 23.8 Å². The fraction of sp³-hybridized carbons (Fsp3) is 0.125. The van der Waals surface area contributed by atoms with E-state index in [1.165, 1.54) is 5.56 Å². The molecule has 0 aliphatic rings. The predicted octanol–water partition coefficient (Wildman–Crippen LogP) is 3.37. The number of pyridine rings is 1. The van der Waals surface area contributed by atoms with Crippen LogP contribution in [0.5, 0.6) is 0 Å². The summed E-state index contributed by atoms with van der Waals surface area (Å²) in [6, 6.07) is 11.7. The summed E-state index contributed by atoms with van der Waals surface area (Å²) in [5.74, 6) is 1.64. The summed E-state index contributed by atoms with van der Waals surface area (Å²) in [6.45, 7) is 3.88. The van der Waals surface area contributed by atoms with Gasteiger partial charge in [-0.05, 0) is 43.7 Å². The van der Waals surface area contributed by atoms with Gasteiger partial charge in [0.2, 0.25) is 11.9 Å². The molecule has 0 radical (unpaired) electrons. The highest BCUT2D eigenvalue weighted by Gasteiger charge is 2.05. The van der Waals surface area contributed by atoms with Crippen LogP contribution in [0, 0.1) is 13.8 Å². The SMILES string of the molecule is Cc1cccc(Nc2nc(C)nc(Nc3ccncc3)n2)c1. The van der Waals surface area contributed by atoms with Gasteiger partial charge in [0.05, 0.1) is 0 Å². The Balaban J connectivity index is 1.83. The molecule has 0 atom stereocenters. The first kappa shape index (κ1) is 13.9. The lowest BCUT2D eigenvalue weighted by atomic mass is 10.2. The quantitative estimate of drug-likeness (QED) is 0.768. The molecule has 1 aromatic carbocycles. The molecule has 2 aromatic heterocycles. The second kappa shape index (κ2) is 6.17. The Labute approximate surface area is 128 Å². The number of rotatable bonds is 4. The average molecular weight is 292 g/mol. The van der Waals surface area contributed by atoms with Crippen molar-refractivity contribution in [1.29, 1.82) is 0 Å². The lowest BCUT2D eigenvalue weighted by Crippen LogP contribution is -2.05. The van der Waals surface area contributed by atoms with E-state index < -0.39 is 0 Å². The van der Waals surface area contributed by atoms with Gasteiger partial charge in [0.15, 0.2) is 0 Å². The minimum atomic E-state index is 0.494. The summed E-state index contributed by atoms with van der Waals surface area (Å²) in [5.41, 5.74) is 2.99. The van der Waals surface area contributed by atoms with Crippen molar-refractivity contribution in [2.24, 2.45) is 0 Å². The van der Waals surface area contributed by atoms with Crippen molar-refractivity contribution < 1.29 is 0 Å². The molecule has 0 saturated heterocycles. The van der Waals surface area contributed by atoms with E-state index in [4.69, 9.17) is 0 Å². The normalized spacial score (nSPS) is 10.3. The maximum absolute atomic E-state index is 4.39. The van der Waals surface area contributed by atoms with Gasteiger partial charge in [-0.25, -0.2) is 0 Å². The topological polar surface area (TPSA) is 75.6 Å². The summed E-state index contributed by atoms with van der Waals surface area (Å²) in [4.78, 5) is 17.0. The lowest BCUT2D eigenvalue weighted by molar-refractivity contribution is 0.989. The Morgan fingerprint density at radius 2 is 1.45 bits per heavy atom. The number of aryl methyl sites for hydroxylation is 2. The van der Waals surface area contributed by atoms with E-state index in [-0.39, 0.29) is 0 Å². The molecule has 0 aliphatic carbocycles. The van der Waals surface area contributed by atoms with Gasteiger partial charge in [-0.2, -0.15) is 15.0 Å². The standard InChI is InChI=1S/C16H16N6/c1-11-4-3-5-14(10-11)21-16-19-12(2)18-15(22-16)20-13-6-8-17-9-7-13/h3-10H,1-2H3,(H2,17,18,19,20,21,22). The first-order chi connectivity index (χ1) is 10.7. The fourth-order valence-electron chi connectivity index (χ4n) is 2.01. The molecular weight excluding hydrogens is 276 g/mol. The summed E-state index contributed by atoms with van der Waals surface area (Å²) in [5, 5.41) is 6.34. The molecule has 0 fully saturated rings. The zero-order chi connectivity index (χ0) is 15.4. The highest BCUT2D eigenvalue weighted by atomic mass is 15.2. The third-order valence-electron chi connectivity index (χ3n) is 2.96. The summed E-state index contributed by atoms with van der Waals surface area (Å²) < 4.78 is 0. The Hall–Kier alpha value is -3.02. The number of nitrogens with one attached hydrogen (secondary N) is 2. The fourth-order valence-corrected chi connectivity index (χ4v) is 2.01. The van der Waals surface area contributed by atoms with E-state index in [9.17, 15) is 0 Å². The van der Waals surface area contributed by atoms with E-state index in [0.29, 0.717) is 17.7 Å². The first-order valence-corrected chi connectivity index (χ1v) is 6.92. The van der Waals surface area contributed by atoms with Crippen molar-refractivity contribution in [3.63, 3.8) is 0 Å². The molecule has 6 nitrogen and oxygen atoms in total. The Morgan fingerprint density at radius 3 is 2.14 bits per heavy atom. The van der Waals surface area contributed by atoms with Crippen LogP contribution in [0.2, 0.25) is 0 Å². The van der Waals surface area contributed by atoms with Crippen LogP contribution >= 0.6 is 0 Å². The minimum Gasteiger partial charge on any atom is -0.324 e. The van der Waals surface area contributed by atoms with Crippen LogP contribution in [0.25, 0.3) is 0 Å². The molecule has 0 saturated carbocycles. The molecule has 0 aliphatic heterocycles. The van der Waals surface area contributed by atoms with Crippen molar-refractivity contribution in [1.82, 2.24) is 19.9 Å². The summed E-state index contributed by atoms with van der Waals surface area (Å²) in [7, 11) is 0. The molecule has 0 unspecified atom stereocenters. The molecule has 22 heavy (non-hydrogen) atoms. The lowest BCUT2D eigenvalue weighted by Gasteiger charge is -2.09. The van der Waals surface area contributed by atoms with Crippen molar-refractivity contribution in [3.8, 4) is 0 Å². The zero-order valence-corrected chi connectivity index (χ0v) is 12.4. The maximum atomic E-state index is 4.39. The van der Waals surface area contributed by atoms with E-state index in [1.54, 1.807) is 12.4 Å². The summed E-state index contributed by atoms with van der Waals surface area (Å²) in [6.07, 6.45) is 3.42. The molecule has 3 rings (SSSR count). The molecule has 0 spiro atoms. The number of benzene rings is 1. The number of aromatic nitrogens is 4. The third kappa shape index (κ3) is 3.54. The van der Waals surface area contributed by atoms with Crippen LogP contribution in [0.3, 0.4) is 0 Å². The van der Waals surface area contributed by atoms with Crippen molar-refractivity contribution in [2.75, 3.05) is 10.6 Å². The van der Waals surface area contributed by atoms with Crippen LogP contribution in [-0.2, 0) is 0 Å². The van der Waals surface area contributed by atoms with Crippen molar-refractivity contribution >= 4 is 23.3 Å². The van der Waals surface area contributed by atoms with Gasteiger partial charge < -0.3 is 10.6 Å². The molecule has 3 aromatic rings. The Morgan fingerprint density at radius 1 is 0.773 bits per heavy atom. The first-order valence-electron chi connectivity index (χ1n) is 6.92. The predicted molar refractivity (Wildman–Crippen MR) is 86.5 cm³/mol. The smallest absolute Gasteiger partial charge is 0.232 e. The van der Waals surface area contributed by atoms with Crippen molar-refractivity contribution in [2.45, 2.75) is 13.8 Å². The molecule has 2 N–H and O–H groups in total. The molecule has 0 amide bonds. The van der Waals surface area contributed by atoms with Gasteiger partial charge >= 0.3 is 0 Å². The van der Waals surface area contributed by atoms with E-state index in [2.05, 4.69) is 30.6 Å². The monoisotopic (exact) mass is 292 g/mol. The van der Waals surface area contributed by atoms with Crippen LogP contribution in [0.4, 0.5) is 23.3 Å². The van der Waals surface area contributed by atoms with Crippen LogP contribution in [0.15, 0.2) is 48.8 Å². The molecular formula is C16H16N6. The Kier molecular flexibility index (Phi) is 3.91.